The molecule has 1 heterocycles. The van der Waals surface area contributed by atoms with Gasteiger partial charge in [0, 0.05) is 24.9 Å². The molecule has 1 aliphatic carbocycles. The van der Waals surface area contributed by atoms with Crippen LogP contribution >= 0.6 is 11.6 Å². The molecule has 1 aromatic heterocycles. The van der Waals surface area contributed by atoms with E-state index in [2.05, 4.69) is 10.3 Å². The molecule has 7 heteroatoms. The Kier molecular flexibility index (Phi) is 4.55. The van der Waals surface area contributed by atoms with Gasteiger partial charge in [-0.25, -0.2) is 4.98 Å². The lowest BCUT2D eigenvalue weighted by molar-refractivity contribution is -0.384. The summed E-state index contributed by atoms with van der Waals surface area (Å²) in [6.07, 6.45) is 5.13. The lowest BCUT2D eigenvalue weighted by atomic mass is 10.00. The van der Waals surface area contributed by atoms with Crippen molar-refractivity contribution >= 4 is 23.1 Å². The SMILES string of the molecule is O=[N+]([O-])c1cc(Cl)cnc1NC1CCCC1CCO. The average Bonchev–Trinajstić information content (AvgIpc) is 2.79. The van der Waals surface area contributed by atoms with Crippen molar-refractivity contribution in [2.45, 2.75) is 31.7 Å². The van der Waals surface area contributed by atoms with Gasteiger partial charge in [0.2, 0.25) is 5.82 Å². The maximum atomic E-state index is 11.0. The van der Waals surface area contributed by atoms with Crippen molar-refractivity contribution in [3.8, 4) is 0 Å². The molecule has 2 atom stereocenters. The summed E-state index contributed by atoms with van der Waals surface area (Å²) in [5, 5.41) is 23.4. The molecule has 104 valence electrons. The summed E-state index contributed by atoms with van der Waals surface area (Å²) in [5.74, 6) is 0.589. The Balaban J connectivity index is 2.16. The van der Waals surface area contributed by atoms with E-state index < -0.39 is 4.92 Å². The van der Waals surface area contributed by atoms with Gasteiger partial charge in [-0.15, -0.1) is 0 Å². The summed E-state index contributed by atoms with van der Waals surface area (Å²) < 4.78 is 0. The molecule has 0 amide bonds. The molecule has 19 heavy (non-hydrogen) atoms. The van der Waals surface area contributed by atoms with E-state index in [1.54, 1.807) is 0 Å². The monoisotopic (exact) mass is 285 g/mol. The number of aliphatic hydroxyl groups is 1. The van der Waals surface area contributed by atoms with Crippen molar-refractivity contribution < 1.29 is 10.0 Å². The second-order valence-corrected chi connectivity index (χ2v) is 5.17. The topological polar surface area (TPSA) is 88.3 Å². The van der Waals surface area contributed by atoms with E-state index in [4.69, 9.17) is 16.7 Å². The van der Waals surface area contributed by atoms with Crippen molar-refractivity contribution in [3.05, 3.63) is 27.4 Å². The third-order valence-corrected chi connectivity index (χ3v) is 3.72. The first-order chi connectivity index (χ1) is 9.11. The largest absolute Gasteiger partial charge is 0.396 e. The van der Waals surface area contributed by atoms with Crippen molar-refractivity contribution in [3.63, 3.8) is 0 Å². The number of nitro groups is 1. The number of nitrogens with one attached hydrogen (secondary N) is 1. The van der Waals surface area contributed by atoms with E-state index in [1.807, 2.05) is 0 Å². The van der Waals surface area contributed by atoms with Crippen molar-refractivity contribution in [1.29, 1.82) is 0 Å². The molecule has 0 radical (unpaired) electrons. The quantitative estimate of drug-likeness (QED) is 0.641. The van der Waals surface area contributed by atoms with E-state index in [1.165, 1.54) is 12.3 Å². The van der Waals surface area contributed by atoms with Crippen LogP contribution in [0.25, 0.3) is 0 Å². The molecular weight excluding hydrogens is 270 g/mol. The second kappa shape index (κ2) is 6.16. The van der Waals surface area contributed by atoms with Gasteiger partial charge in [0.1, 0.15) is 0 Å². The Hall–Kier alpha value is -1.40. The summed E-state index contributed by atoms with van der Waals surface area (Å²) in [5.41, 5.74) is -0.109. The van der Waals surface area contributed by atoms with Crippen molar-refractivity contribution in [2.75, 3.05) is 11.9 Å². The van der Waals surface area contributed by atoms with E-state index >= 15 is 0 Å². The molecule has 0 aromatic carbocycles. The number of aliphatic hydroxyl groups excluding tert-OH is 1. The Bertz CT molecular complexity index is 470. The first kappa shape index (κ1) is 14.0. The van der Waals surface area contributed by atoms with E-state index in [0.717, 1.165) is 19.3 Å². The predicted octanol–water partition coefficient (Wildman–Crippen LogP) is 2.61. The zero-order chi connectivity index (χ0) is 13.8. The maximum absolute atomic E-state index is 11.0. The molecule has 0 spiro atoms. The highest BCUT2D eigenvalue weighted by molar-refractivity contribution is 6.30. The molecule has 2 rings (SSSR count). The van der Waals surface area contributed by atoms with Gasteiger partial charge in [0.15, 0.2) is 0 Å². The highest BCUT2D eigenvalue weighted by Gasteiger charge is 2.29. The van der Waals surface area contributed by atoms with Crippen LogP contribution in [0.3, 0.4) is 0 Å². The lowest BCUT2D eigenvalue weighted by Crippen LogP contribution is -2.25. The van der Waals surface area contributed by atoms with E-state index in [0.29, 0.717) is 12.3 Å². The van der Waals surface area contributed by atoms with Crippen LogP contribution in [0.4, 0.5) is 11.5 Å². The molecule has 1 saturated carbocycles. The normalized spacial score (nSPS) is 22.4. The fourth-order valence-corrected chi connectivity index (χ4v) is 2.74. The van der Waals surface area contributed by atoms with Crippen LogP contribution in [-0.4, -0.2) is 27.7 Å². The first-order valence-electron chi connectivity index (χ1n) is 6.29. The maximum Gasteiger partial charge on any atom is 0.312 e. The third kappa shape index (κ3) is 3.33. The molecule has 1 fully saturated rings. The average molecular weight is 286 g/mol. The Morgan fingerprint density at radius 3 is 3.05 bits per heavy atom. The Morgan fingerprint density at radius 1 is 1.58 bits per heavy atom. The van der Waals surface area contributed by atoms with Gasteiger partial charge in [0.05, 0.1) is 9.95 Å². The molecule has 0 aliphatic heterocycles. The molecule has 0 bridgehead atoms. The van der Waals surface area contributed by atoms with Gasteiger partial charge in [-0.3, -0.25) is 10.1 Å². The summed E-state index contributed by atoms with van der Waals surface area (Å²) >= 11 is 5.73. The first-order valence-corrected chi connectivity index (χ1v) is 6.67. The van der Waals surface area contributed by atoms with Gasteiger partial charge in [-0.2, -0.15) is 0 Å². The molecular formula is C12H16ClN3O3. The smallest absolute Gasteiger partial charge is 0.312 e. The van der Waals surface area contributed by atoms with Gasteiger partial charge >= 0.3 is 5.69 Å². The van der Waals surface area contributed by atoms with Crippen LogP contribution in [0, 0.1) is 16.0 Å². The number of rotatable bonds is 5. The minimum Gasteiger partial charge on any atom is -0.396 e. The fraction of sp³-hybridized carbons (Fsp3) is 0.583. The second-order valence-electron chi connectivity index (χ2n) is 4.73. The van der Waals surface area contributed by atoms with Gasteiger partial charge in [-0.05, 0) is 25.2 Å². The zero-order valence-corrected chi connectivity index (χ0v) is 11.1. The number of aromatic nitrogens is 1. The Labute approximate surface area is 116 Å². The summed E-state index contributed by atoms with van der Waals surface area (Å²) in [7, 11) is 0. The minimum absolute atomic E-state index is 0.109. The van der Waals surface area contributed by atoms with Crippen LogP contribution in [0.5, 0.6) is 0 Å². The number of hydrogen-bond donors (Lipinski definition) is 2. The van der Waals surface area contributed by atoms with Crippen LogP contribution in [0.15, 0.2) is 12.3 Å². The molecule has 0 saturated heterocycles. The summed E-state index contributed by atoms with van der Waals surface area (Å²) in [4.78, 5) is 14.5. The van der Waals surface area contributed by atoms with E-state index in [9.17, 15) is 10.1 Å². The zero-order valence-electron chi connectivity index (χ0n) is 10.4. The third-order valence-electron chi connectivity index (χ3n) is 3.51. The van der Waals surface area contributed by atoms with Gasteiger partial charge in [0.25, 0.3) is 0 Å². The molecule has 1 aliphatic rings. The fourth-order valence-electron chi connectivity index (χ4n) is 2.59. The van der Waals surface area contributed by atoms with Crippen molar-refractivity contribution in [1.82, 2.24) is 4.98 Å². The number of nitrogens with zero attached hydrogens (tertiary/aromatic N) is 2. The Morgan fingerprint density at radius 2 is 2.37 bits per heavy atom. The number of hydrogen-bond acceptors (Lipinski definition) is 5. The predicted molar refractivity (Wildman–Crippen MR) is 72.4 cm³/mol. The van der Waals surface area contributed by atoms with Gasteiger partial charge < -0.3 is 10.4 Å². The summed E-state index contributed by atoms with van der Waals surface area (Å²) in [6.45, 7) is 0.138. The van der Waals surface area contributed by atoms with E-state index in [-0.39, 0.29) is 29.2 Å². The lowest BCUT2D eigenvalue weighted by Gasteiger charge is -2.20. The van der Waals surface area contributed by atoms with Crippen LogP contribution in [0.1, 0.15) is 25.7 Å². The van der Waals surface area contributed by atoms with Crippen molar-refractivity contribution in [2.24, 2.45) is 5.92 Å². The number of anilines is 1. The minimum atomic E-state index is -0.489. The summed E-state index contributed by atoms with van der Waals surface area (Å²) in [6, 6.07) is 1.42. The van der Waals surface area contributed by atoms with Gasteiger partial charge in [-0.1, -0.05) is 18.0 Å². The van der Waals surface area contributed by atoms with Crippen LogP contribution in [-0.2, 0) is 0 Å². The van der Waals surface area contributed by atoms with Crippen LogP contribution in [0.2, 0.25) is 5.02 Å². The highest BCUT2D eigenvalue weighted by atomic mass is 35.5. The van der Waals surface area contributed by atoms with Crippen LogP contribution < -0.4 is 5.32 Å². The number of pyridine rings is 1. The highest BCUT2D eigenvalue weighted by Crippen LogP contribution is 2.33. The number of halogens is 1. The molecule has 6 nitrogen and oxygen atoms in total. The molecule has 2 N–H and O–H groups in total. The molecule has 1 aromatic rings. The molecule has 2 unspecified atom stereocenters. The standard InChI is InChI=1S/C12H16ClN3O3/c13-9-6-11(16(18)19)12(14-7-9)15-10-3-1-2-8(10)4-5-17/h6-8,10,17H,1-5H2,(H,14,15).